The number of ketones is 1. The lowest BCUT2D eigenvalue weighted by Crippen LogP contribution is -2.22. The second-order valence-corrected chi connectivity index (χ2v) is 7.19. The second-order valence-electron chi connectivity index (χ2n) is 6.24. The highest BCUT2D eigenvalue weighted by atomic mass is 32.1. The summed E-state index contributed by atoms with van der Waals surface area (Å²) in [5.74, 6) is -1.75. The van der Waals surface area contributed by atoms with Crippen LogP contribution in [0, 0.1) is 0 Å². The van der Waals surface area contributed by atoms with E-state index in [1.54, 1.807) is 53.9 Å². The van der Waals surface area contributed by atoms with Crippen LogP contribution in [0.25, 0.3) is 0 Å². The van der Waals surface area contributed by atoms with Crippen molar-refractivity contribution in [1.29, 1.82) is 0 Å². The average molecular weight is 422 g/mol. The first-order valence-corrected chi connectivity index (χ1v) is 9.84. The third-order valence-electron chi connectivity index (χ3n) is 4.02. The van der Waals surface area contributed by atoms with Crippen LogP contribution >= 0.6 is 11.3 Å². The number of thiophene rings is 1. The molecule has 0 saturated heterocycles. The Morgan fingerprint density at radius 1 is 0.933 bits per heavy atom. The van der Waals surface area contributed by atoms with Crippen molar-refractivity contribution >= 4 is 46.3 Å². The van der Waals surface area contributed by atoms with Crippen LogP contribution in [0.15, 0.2) is 66.0 Å². The molecular formula is C22H18N2O5S. The van der Waals surface area contributed by atoms with E-state index >= 15 is 0 Å². The molecule has 0 aliphatic heterocycles. The molecule has 152 valence electrons. The maximum Gasteiger partial charge on any atom is 0.338 e. The lowest BCUT2D eigenvalue weighted by Gasteiger charge is -2.10. The fourth-order valence-electron chi connectivity index (χ4n) is 2.62. The summed E-state index contributed by atoms with van der Waals surface area (Å²) in [6.07, 6.45) is 0. The van der Waals surface area contributed by atoms with Crippen molar-refractivity contribution in [3.05, 3.63) is 82.0 Å². The zero-order valence-electron chi connectivity index (χ0n) is 16.0. The minimum atomic E-state index is -0.711. The number of carbonyl (C=O) groups is 4. The van der Waals surface area contributed by atoms with Gasteiger partial charge in [-0.1, -0.05) is 24.3 Å². The molecule has 0 unspecified atom stereocenters. The molecule has 0 aliphatic carbocycles. The summed E-state index contributed by atoms with van der Waals surface area (Å²) in [5.41, 5.74) is 1.34. The smallest absolute Gasteiger partial charge is 0.338 e. The number of nitrogens with one attached hydrogen (secondary N) is 2. The highest BCUT2D eigenvalue weighted by molar-refractivity contribution is 7.12. The highest BCUT2D eigenvalue weighted by Crippen LogP contribution is 2.17. The van der Waals surface area contributed by atoms with E-state index < -0.39 is 18.5 Å². The molecule has 2 amide bonds. The number of esters is 1. The summed E-state index contributed by atoms with van der Waals surface area (Å²) >= 11 is 1.31. The number of amides is 2. The van der Waals surface area contributed by atoms with Crippen molar-refractivity contribution in [2.45, 2.75) is 6.92 Å². The van der Waals surface area contributed by atoms with E-state index in [0.29, 0.717) is 21.8 Å². The van der Waals surface area contributed by atoms with Crippen molar-refractivity contribution in [1.82, 2.24) is 0 Å². The number of rotatable bonds is 7. The number of Topliss-reactive ketones (excluding diaryl/α,β-unsaturated/α-hetero) is 1. The highest BCUT2D eigenvalue weighted by Gasteiger charge is 2.14. The molecule has 0 aliphatic rings. The third-order valence-corrected chi connectivity index (χ3v) is 4.88. The Morgan fingerprint density at radius 2 is 1.73 bits per heavy atom. The Balaban J connectivity index is 1.58. The number of ether oxygens (including phenoxy) is 1. The molecule has 0 fully saturated rings. The zero-order valence-corrected chi connectivity index (χ0v) is 16.8. The molecule has 1 heterocycles. The number of hydrogen-bond acceptors (Lipinski definition) is 6. The van der Waals surface area contributed by atoms with Gasteiger partial charge in [0, 0.05) is 11.3 Å². The van der Waals surface area contributed by atoms with Gasteiger partial charge in [0.15, 0.2) is 12.4 Å². The number of para-hydroxylation sites is 1. The molecule has 8 heteroatoms. The van der Waals surface area contributed by atoms with E-state index in [-0.39, 0.29) is 17.3 Å². The summed E-state index contributed by atoms with van der Waals surface area (Å²) < 4.78 is 5.05. The Hall–Kier alpha value is -3.78. The van der Waals surface area contributed by atoms with Crippen molar-refractivity contribution in [2.75, 3.05) is 17.2 Å². The molecule has 7 nitrogen and oxygen atoms in total. The van der Waals surface area contributed by atoms with Gasteiger partial charge in [0.2, 0.25) is 0 Å². The van der Waals surface area contributed by atoms with E-state index in [1.807, 2.05) is 0 Å². The molecule has 0 spiro atoms. The van der Waals surface area contributed by atoms with Crippen molar-refractivity contribution in [2.24, 2.45) is 0 Å². The van der Waals surface area contributed by atoms with E-state index in [4.69, 9.17) is 4.74 Å². The molecule has 3 rings (SSSR count). The van der Waals surface area contributed by atoms with Crippen LogP contribution in [-0.2, 0) is 9.53 Å². The summed E-state index contributed by atoms with van der Waals surface area (Å²) in [7, 11) is 0. The van der Waals surface area contributed by atoms with E-state index in [2.05, 4.69) is 10.6 Å². The maximum atomic E-state index is 12.3. The standard InChI is InChI=1S/C22H18N2O5S/c1-14(25)17-8-2-3-9-18(17)24-20(26)13-29-22(28)15-6-4-7-16(12-15)23-21(27)19-10-5-11-30-19/h2-12H,13H2,1H3,(H,23,27)(H,24,26). The summed E-state index contributed by atoms with van der Waals surface area (Å²) in [6.45, 7) is 0.881. The fraction of sp³-hybridized carbons (Fsp3) is 0.0909. The van der Waals surface area contributed by atoms with E-state index in [1.165, 1.54) is 30.4 Å². The number of anilines is 2. The first kappa shape index (κ1) is 20.9. The molecular weight excluding hydrogens is 404 g/mol. The normalized spacial score (nSPS) is 10.2. The van der Waals surface area contributed by atoms with Gasteiger partial charge in [-0.25, -0.2) is 4.79 Å². The first-order valence-electron chi connectivity index (χ1n) is 8.96. The minimum absolute atomic E-state index is 0.190. The Kier molecular flexibility index (Phi) is 6.71. The summed E-state index contributed by atoms with van der Waals surface area (Å²) in [5, 5.41) is 7.06. The van der Waals surface area contributed by atoms with Crippen LogP contribution in [0.5, 0.6) is 0 Å². The lowest BCUT2D eigenvalue weighted by molar-refractivity contribution is -0.119. The number of carbonyl (C=O) groups excluding carboxylic acids is 4. The summed E-state index contributed by atoms with van der Waals surface area (Å²) in [4.78, 5) is 48.7. The lowest BCUT2D eigenvalue weighted by atomic mass is 10.1. The average Bonchev–Trinajstić information content (AvgIpc) is 3.27. The van der Waals surface area contributed by atoms with Gasteiger partial charge in [-0.3, -0.25) is 14.4 Å². The van der Waals surface area contributed by atoms with E-state index in [0.717, 1.165) is 0 Å². The molecule has 0 atom stereocenters. The second kappa shape index (κ2) is 9.62. The number of benzene rings is 2. The Bertz CT molecular complexity index is 1090. The fourth-order valence-corrected chi connectivity index (χ4v) is 3.24. The van der Waals surface area contributed by atoms with Crippen molar-refractivity contribution in [3.63, 3.8) is 0 Å². The minimum Gasteiger partial charge on any atom is -0.452 e. The van der Waals surface area contributed by atoms with Crippen LogP contribution in [0.2, 0.25) is 0 Å². The molecule has 0 radical (unpaired) electrons. The van der Waals surface area contributed by atoms with Gasteiger partial charge in [0.1, 0.15) is 0 Å². The molecule has 1 aromatic heterocycles. The van der Waals surface area contributed by atoms with Crippen LogP contribution in [-0.4, -0.2) is 30.2 Å². The zero-order chi connectivity index (χ0) is 21.5. The van der Waals surface area contributed by atoms with E-state index in [9.17, 15) is 19.2 Å². The first-order chi connectivity index (χ1) is 14.4. The van der Waals surface area contributed by atoms with Crippen molar-refractivity contribution < 1.29 is 23.9 Å². The van der Waals surface area contributed by atoms with Gasteiger partial charge >= 0.3 is 5.97 Å². The molecule has 2 N–H and O–H groups in total. The molecule has 0 saturated carbocycles. The Labute approximate surface area is 176 Å². The van der Waals surface area contributed by atoms with Gasteiger partial charge in [0.25, 0.3) is 11.8 Å². The largest absolute Gasteiger partial charge is 0.452 e. The predicted molar refractivity (Wildman–Crippen MR) is 114 cm³/mol. The maximum absolute atomic E-state index is 12.3. The van der Waals surface area contributed by atoms with Gasteiger partial charge in [-0.15, -0.1) is 11.3 Å². The Morgan fingerprint density at radius 3 is 2.47 bits per heavy atom. The monoisotopic (exact) mass is 422 g/mol. The van der Waals surface area contributed by atoms with Crippen LogP contribution in [0.4, 0.5) is 11.4 Å². The third kappa shape index (κ3) is 5.39. The van der Waals surface area contributed by atoms with Crippen LogP contribution in [0.3, 0.4) is 0 Å². The van der Waals surface area contributed by atoms with Gasteiger partial charge in [0.05, 0.1) is 16.1 Å². The van der Waals surface area contributed by atoms with Gasteiger partial charge in [-0.2, -0.15) is 0 Å². The predicted octanol–water partition coefficient (Wildman–Crippen LogP) is 4.00. The van der Waals surface area contributed by atoms with Crippen LogP contribution in [0.1, 0.15) is 37.3 Å². The van der Waals surface area contributed by atoms with Crippen molar-refractivity contribution in [3.8, 4) is 0 Å². The molecule has 3 aromatic rings. The topological polar surface area (TPSA) is 102 Å². The summed E-state index contributed by atoms with van der Waals surface area (Å²) in [6, 6.07) is 16.3. The van der Waals surface area contributed by atoms with Gasteiger partial charge < -0.3 is 15.4 Å². The molecule has 2 aromatic carbocycles. The SMILES string of the molecule is CC(=O)c1ccccc1NC(=O)COC(=O)c1cccc(NC(=O)c2cccs2)c1. The number of hydrogen-bond donors (Lipinski definition) is 2. The van der Waals surface area contributed by atoms with Crippen LogP contribution < -0.4 is 10.6 Å². The molecule has 0 bridgehead atoms. The molecule has 30 heavy (non-hydrogen) atoms. The quantitative estimate of drug-likeness (QED) is 0.443. The van der Waals surface area contributed by atoms with Gasteiger partial charge in [-0.05, 0) is 48.7 Å².